The lowest BCUT2D eigenvalue weighted by Crippen LogP contribution is -2.39. The van der Waals surface area contributed by atoms with Gasteiger partial charge < -0.3 is 15.8 Å². The molecular formula is C15H24N2O2S. The van der Waals surface area contributed by atoms with E-state index in [9.17, 15) is 4.79 Å². The van der Waals surface area contributed by atoms with E-state index >= 15 is 0 Å². The first-order valence-electron chi connectivity index (χ1n) is 6.79. The molecule has 1 aromatic rings. The van der Waals surface area contributed by atoms with Crippen molar-refractivity contribution in [1.82, 2.24) is 5.32 Å². The normalized spacial score (nSPS) is 11.2. The molecule has 4 nitrogen and oxygen atoms in total. The Morgan fingerprint density at radius 3 is 2.55 bits per heavy atom. The molecule has 0 aromatic heterocycles. The average Bonchev–Trinajstić information content (AvgIpc) is 2.49. The van der Waals surface area contributed by atoms with Crippen LogP contribution in [-0.4, -0.2) is 30.6 Å². The Morgan fingerprint density at radius 1 is 1.40 bits per heavy atom. The van der Waals surface area contributed by atoms with E-state index in [2.05, 4.69) is 25.4 Å². The molecule has 3 N–H and O–H groups in total. The number of ether oxygens (including phenoxy) is 1. The summed E-state index contributed by atoms with van der Waals surface area (Å²) in [5.74, 6) is 0.376. The number of benzene rings is 1. The molecule has 0 aliphatic rings. The maximum Gasteiger partial charge on any atom is 0.253 e. The average molecular weight is 296 g/mol. The molecule has 0 heterocycles. The number of nitrogens with two attached hydrogens (primary N) is 1. The molecule has 0 aliphatic heterocycles. The molecule has 0 aliphatic carbocycles. The van der Waals surface area contributed by atoms with E-state index in [-0.39, 0.29) is 10.7 Å². The Bertz CT molecular complexity index is 451. The molecule has 112 valence electrons. The number of hydrogen-bond donors (Lipinski definition) is 2. The largest absolute Gasteiger partial charge is 0.495 e. The number of hydrogen-bond acceptors (Lipinski definition) is 4. The number of methoxy groups -OCH3 is 1. The van der Waals surface area contributed by atoms with Crippen LogP contribution in [0.3, 0.4) is 0 Å². The monoisotopic (exact) mass is 296 g/mol. The van der Waals surface area contributed by atoms with Gasteiger partial charge in [0.15, 0.2) is 0 Å². The predicted molar refractivity (Wildman–Crippen MR) is 86.6 cm³/mol. The van der Waals surface area contributed by atoms with E-state index in [1.807, 2.05) is 0 Å². The number of carbonyl (C=O) groups excluding carboxylic acids is 1. The Labute approximate surface area is 125 Å². The van der Waals surface area contributed by atoms with E-state index in [0.29, 0.717) is 23.5 Å². The fraction of sp³-hybridized carbons (Fsp3) is 0.533. The van der Waals surface area contributed by atoms with Crippen molar-refractivity contribution in [2.24, 2.45) is 0 Å². The molecule has 0 spiro atoms. The summed E-state index contributed by atoms with van der Waals surface area (Å²) in [5.41, 5.74) is 6.79. The predicted octanol–water partition coefficient (Wildman–Crippen LogP) is 2.93. The van der Waals surface area contributed by atoms with Crippen molar-refractivity contribution in [3.63, 3.8) is 0 Å². The van der Waals surface area contributed by atoms with Crippen molar-refractivity contribution in [2.45, 2.75) is 31.4 Å². The summed E-state index contributed by atoms with van der Waals surface area (Å²) < 4.78 is 5.22. The van der Waals surface area contributed by atoms with Crippen LogP contribution in [0.5, 0.6) is 5.75 Å². The minimum Gasteiger partial charge on any atom is -0.495 e. The summed E-state index contributed by atoms with van der Waals surface area (Å²) in [6.45, 7) is 4.93. The third kappa shape index (κ3) is 3.60. The zero-order chi connectivity index (χ0) is 15.2. The van der Waals surface area contributed by atoms with E-state index in [1.165, 1.54) is 0 Å². The van der Waals surface area contributed by atoms with Crippen molar-refractivity contribution in [2.75, 3.05) is 25.6 Å². The van der Waals surface area contributed by atoms with Crippen molar-refractivity contribution in [1.29, 1.82) is 0 Å². The number of thioether (sulfide) groups is 1. The number of amides is 1. The highest BCUT2D eigenvalue weighted by atomic mass is 32.2. The molecule has 1 aromatic carbocycles. The van der Waals surface area contributed by atoms with E-state index in [0.717, 1.165) is 12.8 Å². The quantitative estimate of drug-likeness (QED) is 0.759. The SMILES string of the molecule is CCC(CC)(CNC(=O)c1cccc(OC)c1N)SC. The lowest BCUT2D eigenvalue weighted by molar-refractivity contribution is 0.0949. The van der Waals surface area contributed by atoms with Gasteiger partial charge in [-0.25, -0.2) is 0 Å². The van der Waals surface area contributed by atoms with E-state index < -0.39 is 0 Å². The molecule has 0 unspecified atom stereocenters. The molecule has 1 rings (SSSR count). The molecule has 0 saturated heterocycles. The van der Waals surface area contributed by atoms with Gasteiger partial charge in [-0.1, -0.05) is 19.9 Å². The van der Waals surface area contributed by atoms with Crippen LogP contribution in [0.4, 0.5) is 5.69 Å². The van der Waals surface area contributed by atoms with Crippen LogP contribution in [-0.2, 0) is 0 Å². The van der Waals surface area contributed by atoms with Gasteiger partial charge in [-0.15, -0.1) is 0 Å². The summed E-state index contributed by atoms with van der Waals surface area (Å²) in [6, 6.07) is 5.23. The number of nitrogens with one attached hydrogen (secondary N) is 1. The van der Waals surface area contributed by atoms with Crippen LogP contribution >= 0.6 is 11.8 Å². The van der Waals surface area contributed by atoms with Gasteiger partial charge in [0.25, 0.3) is 5.91 Å². The first-order chi connectivity index (χ1) is 9.53. The van der Waals surface area contributed by atoms with Crippen LogP contribution in [0.1, 0.15) is 37.0 Å². The highest BCUT2D eigenvalue weighted by molar-refractivity contribution is 8.00. The summed E-state index contributed by atoms with van der Waals surface area (Å²) in [7, 11) is 1.54. The summed E-state index contributed by atoms with van der Waals surface area (Å²) in [5, 5.41) is 2.99. The zero-order valence-corrected chi connectivity index (χ0v) is 13.5. The Balaban J connectivity index is 2.82. The standard InChI is InChI=1S/C15H24N2O2S/c1-5-15(6-2,20-4)10-17-14(18)11-8-7-9-12(19-3)13(11)16/h7-9H,5-6,10,16H2,1-4H3,(H,17,18). The van der Waals surface area contributed by atoms with E-state index in [4.69, 9.17) is 10.5 Å². The third-order valence-corrected chi connectivity index (χ3v) is 5.41. The Hall–Kier alpha value is -1.36. The van der Waals surface area contributed by atoms with Gasteiger partial charge >= 0.3 is 0 Å². The molecule has 0 bridgehead atoms. The number of carbonyl (C=O) groups is 1. The Morgan fingerprint density at radius 2 is 2.05 bits per heavy atom. The second-order valence-corrected chi connectivity index (χ2v) is 5.97. The first-order valence-corrected chi connectivity index (χ1v) is 8.01. The number of rotatable bonds is 7. The third-order valence-electron chi connectivity index (χ3n) is 3.82. The molecule has 0 radical (unpaired) electrons. The Kier molecular flexibility index (Phi) is 6.20. The highest BCUT2D eigenvalue weighted by Crippen LogP contribution is 2.30. The first kappa shape index (κ1) is 16.7. The van der Waals surface area contributed by atoms with Crippen LogP contribution in [0, 0.1) is 0 Å². The van der Waals surface area contributed by atoms with Crippen LogP contribution in [0.25, 0.3) is 0 Å². The fourth-order valence-corrected chi connectivity index (χ4v) is 2.91. The minimum atomic E-state index is -0.151. The smallest absolute Gasteiger partial charge is 0.253 e. The van der Waals surface area contributed by atoms with Crippen LogP contribution in [0.15, 0.2) is 18.2 Å². The van der Waals surface area contributed by atoms with Gasteiger partial charge in [0.1, 0.15) is 5.75 Å². The fourth-order valence-electron chi connectivity index (χ4n) is 2.12. The summed E-state index contributed by atoms with van der Waals surface area (Å²) in [4.78, 5) is 12.3. The molecule has 0 saturated carbocycles. The van der Waals surface area contributed by atoms with Gasteiger partial charge in [-0.2, -0.15) is 11.8 Å². The lowest BCUT2D eigenvalue weighted by atomic mass is 10.0. The highest BCUT2D eigenvalue weighted by Gasteiger charge is 2.26. The number of anilines is 1. The van der Waals surface area contributed by atoms with Gasteiger partial charge in [0.05, 0.1) is 18.4 Å². The second-order valence-electron chi connectivity index (χ2n) is 4.70. The van der Waals surface area contributed by atoms with Crippen molar-refractivity contribution < 1.29 is 9.53 Å². The van der Waals surface area contributed by atoms with Crippen molar-refractivity contribution >= 4 is 23.4 Å². The summed E-state index contributed by atoms with van der Waals surface area (Å²) in [6.07, 6.45) is 4.11. The number of nitrogen functional groups attached to an aromatic ring is 1. The topological polar surface area (TPSA) is 64.3 Å². The minimum absolute atomic E-state index is 0.0866. The number of para-hydroxylation sites is 1. The van der Waals surface area contributed by atoms with E-state index in [1.54, 1.807) is 37.1 Å². The molecule has 0 fully saturated rings. The molecular weight excluding hydrogens is 272 g/mol. The molecule has 20 heavy (non-hydrogen) atoms. The van der Waals surface area contributed by atoms with Crippen LogP contribution < -0.4 is 15.8 Å². The van der Waals surface area contributed by atoms with Gasteiger partial charge in [0, 0.05) is 11.3 Å². The zero-order valence-electron chi connectivity index (χ0n) is 12.7. The van der Waals surface area contributed by atoms with Gasteiger partial charge in [-0.05, 0) is 31.2 Å². The van der Waals surface area contributed by atoms with Gasteiger partial charge in [0.2, 0.25) is 0 Å². The van der Waals surface area contributed by atoms with Crippen molar-refractivity contribution in [3.8, 4) is 5.75 Å². The lowest BCUT2D eigenvalue weighted by Gasteiger charge is -2.29. The summed E-state index contributed by atoms with van der Waals surface area (Å²) >= 11 is 1.80. The molecule has 5 heteroatoms. The molecule has 1 amide bonds. The van der Waals surface area contributed by atoms with Crippen molar-refractivity contribution in [3.05, 3.63) is 23.8 Å². The van der Waals surface area contributed by atoms with Gasteiger partial charge in [-0.3, -0.25) is 4.79 Å². The maximum atomic E-state index is 12.3. The second kappa shape index (κ2) is 7.43. The molecule has 0 atom stereocenters. The maximum absolute atomic E-state index is 12.3. The van der Waals surface area contributed by atoms with Crippen LogP contribution in [0.2, 0.25) is 0 Å².